The number of pyridine rings is 1. The van der Waals surface area contributed by atoms with E-state index in [1.54, 1.807) is 65.2 Å². The number of aromatic nitrogens is 3. The van der Waals surface area contributed by atoms with E-state index in [4.69, 9.17) is 5.73 Å². The van der Waals surface area contributed by atoms with Crippen molar-refractivity contribution in [2.45, 2.75) is 210 Å². The lowest BCUT2D eigenvalue weighted by Gasteiger charge is -2.36. The lowest BCUT2D eigenvalue weighted by atomic mass is 9.85. The Morgan fingerprint density at radius 1 is 0.646 bits per heavy atom. The summed E-state index contributed by atoms with van der Waals surface area (Å²) in [5.74, 6) is -12.6. The van der Waals surface area contributed by atoms with Crippen molar-refractivity contribution in [2.75, 3.05) is 18.1 Å². The summed E-state index contributed by atoms with van der Waals surface area (Å²) in [4.78, 5) is 199. The topological polar surface area (TPSA) is 489 Å². The Balaban J connectivity index is 1.13. The summed E-state index contributed by atoms with van der Waals surface area (Å²) in [7, 11) is 0. The van der Waals surface area contributed by atoms with Crippen molar-refractivity contribution < 1.29 is 82.0 Å². The molecule has 1 fully saturated rings. The minimum Gasteiger partial charge on any atom is -0.508 e. The van der Waals surface area contributed by atoms with E-state index in [9.17, 15) is 72.4 Å². The third-order valence-electron chi connectivity index (χ3n) is 19.9. The quantitative estimate of drug-likeness (QED) is 0.0867. The fraction of sp³-hybridized carbons (Fsp3) is 0.487. The second-order valence-corrected chi connectivity index (χ2v) is 32.9. The molecule has 35 heteroatoms. The SMILES string of the molecule is CC(=O)N[C@H]1CSCc2cccc(c2)CSC[C@H](C(N)=O)NC(=O)[C@H]([C@H](C)O)NC(=O)[C@](C)(C(C)C)NC(=O)[C@H](Cc2ccc(O)cc2)NC(=O)[C@H](C)NC(=O)C(C)(C)NC(=O)[C@H](Cc2c[nH]c3ncccc23)NC(=O)[C@H]([C@@H](C)O)NC(=O)[C@@H]2CCCN2C(=O)[C@H](Cc2c[nH]c3ccc(F)cc23)NC(=O)[C@H](C(C)(C)C)NC1=O. The van der Waals surface area contributed by atoms with E-state index in [0.717, 1.165) is 11.1 Å². The monoisotopic (exact) mass is 1600 g/mol. The molecule has 0 radical (unpaired) electrons. The molecule has 5 heterocycles. The Bertz CT molecular complexity index is 4510. The zero-order chi connectivity index (χ0) is 83.1. The van der Waals surface area contributed by atoms with E-state index in [1.807, 2.05) is 18.2 Å². The van der Waals surface area contributed by atoms with Gasteiger partial charge < -0.3 is 94.4 Å². The number of thioether (sulfide) groups is 2. The number of nitrogens with zero attached hydrogens (tertiary/aromatic N) is 2. The number of hydrogen-bond acceptors (Lipinski definition) is 19. The fourth-order valence-electron chi connectivity index (χ4n) is 13.0. The van der Waals surface area contributed by atoms with Crippen LogP contribution in [0.1, 0.15) is 124 Å². The molecule has 18 N–H and O–H groups in total. The number of aliphatic hydroxyl groups excluding tert-OH is 2. The van der Waals surface area contributed by atoms with Crippen LogP contribution in [0, 0.1) is 17.2 Å². The van der Waals surface area contributed by atoms with E-state index in [1.165, 1.54) is 126 Å². The third kappa shape index (κ3) is 23.3. The number of carbonyl (C=O) groups is 13. The number of aromatic hydroxyl groups is 1. The minimum absolute atomic E-state index is 0.00477. The molecule has 2 aliphatic heterocycles. The van der Waals surface area contributed by atoms with Gasteiger partial charge in [-0.05, 0) is 136 Å². The number of aliphatic hydroxyl groups is 2. The van der Waals surface area contributed by atoms with Gasteiger partial charge in [0.25, 0.3) is 0 Å². The van der Waals surface area contributed by atoms with Crippen LogP contribution < -0.4 is 64.2 Å². The van der Waals surface area contributed by atoms with Gasteiger partial charge in [-0.3, -0.25) is 62.3 Å². The number of amides is 13. The molecule has 0 saturated carbocycles. The highest BCUT2D eigenvalue weighted by Crippen LogP contribution is 2.28. The zero-order valence-electron chi connectivity index (χ0n) is 65.1. The molecular weight excluding hydrogens is 1500 g/mol. The fourth-order valence-corrected chi connectivity index (χ4v) is 15.0. The Morgan fingerprint density at radius 3 is 1.88 bits per heavy atom. The molecule has 2 aliphatic rings. The lowest BCUT2D eigenvalue weighted by molar-refractivity contribution is -0.143. The largest absolute Gasteiger partial charge is 0.508 e. The number of phenols is 1. The van der Waals surface area contributed by atoms with Gasteiger partial charge in [0.15, 0.2) is 0 Å². The standard InChI is InChI=1S/C78H103FN16O16S2/c1-39(2)78(12)75(111)91-61(42(5)97)71(107)89-57(63(80)100)37-112-35-45-16-13-17-46(28-45)36-113-38-58(85-43(6)98)66(102)92-62(76(7,8)9)72(108)88-56(31-48-33-82-53-25-22-49(79)32-52(48)53)73(109)95-27-15-19-59(95)69(105)90-60(41(4)96)70(106)87-55(30-47-34-83-64-51(47)18-14-26-81-64)67(103)93-77(10,11)74(110)84-40(3)65(101)86-54(68(104)94-78)29-44-20-23-50(99)24-21-44/h13-14,16-18,20-26,28,32-34,39-42,54-62,82,96-97,99H,15,19,27,29-31,35-38H2,1-12H3,(H2,80,100)(H,81,83)(H,84,110)(H,85,98)(H,86,101)(H,87,106)(H,88,108)(H,89,107)(H,90,105)(H,91,111)(H,92,102)(H,93,103)(H,94,104)/t40-,41+,42-,54-,55-,56-,57+,58-,59-,60-,61-,62+,78-/m0/s1. The number of phenolic OH excluding ortho intramolecular Hbond substituents is 1. The van der Waals surface area contributed by atoms with Crippen molar-refractivity contribution in [2.24, 2.45) is 17.1 Å². The molecule has 0 unspecified atom stereocenters. The van der Waals surface area contributed by atoms with Crippen LogP contribution in [-0.4, -0.2) is 214 Å². The number of primary amides is 1. The van der Waals surface area contributed by atoms with Gasteiger partial charge in [-0.2, -0.15) is 23.5 Å². The van der Waals surface area contributed by atoms with Gasteiger partial charge in [-0.1, -0.05) is 71.0 Å². The van der Waals surface area contributed by atoms with Gasteiger partial charge in [0, 0.05) is 90.6 Å². The lowest BCUT2D eigenvalue weighted by Crippen LogP contribution is -2.67. The molecule has 13 atom stereocenters. The first-order chi connectivity index (χ1) is 53.1. The van der Waals surface area contributed by atoms with E-state index in [0.29, 0.717) is 44.4 Å². The van der Waals surface area contributed by atoms with E-state index >= 15 is 9.59 Å². The Hall–Kier alpha value is -10.7. The highest BCUT2D eigenvalue weighted by molar-refractivity contribution is 7.98. The molecule has 3 aromatic heterocycles. The predicted molar refractivity (Wildman–Crippen MR) is 421 cm³/mol. The van der Waals surface area contributed by atoms with Gasteiger partial charge in [-0.25, -0.2) is 9.37 Å². The molecule has 610 valence electrons. The predicted octanol–water partition coefficient (Wildman–Crippen LogP) is 1.21. The number of benzene rings is 3. The van der Waals surface area contributed by atoms with Crippen LogP contribution in [0.4, 0.5) is 4.39 Å². The number of H-pyrrole nitrogens is 2. The maximum absolute atomic E-state index is 15.4. The van der Waals surface area contributed by atoms with Crippen molar-refractivity contribution in [3.63, 3.8) is 0 Å². The molecule has 2 bridgehead atoms. The van der Waals surface area contributed by atoms with Gasteiger partial charge in [0.2, 0.25) is 76.8 Å². The summed E-state index contributed by atoms with van der Waals surface area (Å²) in [5.41, 5.74) is 4.62. The first-order valence-electron chi connectivity index (χ1n) is 37.1. The second-order valence-electron chi connectivity index (χ2n) is 30.8. The summed E-state index contributed by atoms with van der Waals surface area (Å²) in [6.45, 7) is 17.0. The zero-order valence-corrected chi connectivity index (χ0v) is 66.8. The average molecular weight is 1600 g/mol. The maximum atomic E-state index is 15.4. The molecule has 8 rings (SSSR count). The number of hydrogen-bond donors (Lipinski definition) is 17. The normalized spacial score (nSPS) is 25.3. The highest BCUT2D eigenvalue weighted by Gasteiger charge is 2.46. The van der Waals surface area contributed by atoms with Crippen LogP contribution in [0.5, 0.6) is 5.75 Å². The number of rotatable bonds is 11. The Labute approximate surface area is 661 Å². The molecule has 3 aromatic carbocycles. The van der Waals surface area contributed by atoms with Crippen LogP contribution in [0.2, 0.25) is 0 Å². The van der Waals surface area contributed by atoms with Crippen molar-refractivity contribution in [3.8, 4) is 5.75 Å². The van der Waals surface area contributed by atoms with Crippen molar-refractivity contribution in [1.82, 2.24) is 78.3 Å². The van der Waals surface area contributed by atoms with E-state index < -0.39 is 178 Å². The number of nitrogens with one attached hydrogen (secondary N) is 13. The summed E-state index contributed by atoms with van der Waals surface area (Å²) >= 11 is 2.50. The maximum Gasteiger partial charge on any atom is 0.246 e. The minimum atomic E-state index is -1.93. The number of fused-ring (bicyclic) bond motifs is 5. The molecule has 0 aliphatic carbocycles. The van der Waals surface area contributed by atoms with Crippen LogP contribution >= 0.6 is 23.5 Å². The molecule has 113 heavy (non-hydrogen) atoms. The van der Waals surface area contributed by atoms with Crippen molar-refractivity contribution >= 4 is 122 Å². The molecular formula is C78H103FN16O16S2. The molecule has 13 amide bonds. The summed E-state index contributed by atoms with van der Waals surface area (Å²) in [6, 6.07) is 5.29. The van der Waals surface area contributed by atoms with Gasteiger partial charge in [0.1, 0.15) is 88.7 Å². The third-order valence-corrected chi connectivity index (χ3v) is 22.2. The first kappa shape index (κ1) is 87.9. The van der Waals surface area contributed by atoms with Gasteiger partial charge >= 0.3 is 0 Å². The number of nitrogens with two attached hydrogens (primary N) is 1. The molecule has 1 saturated heterocycles. The molecule has 32 nitrogen and oxygen atoms in total. The summed E-state index contributed by atoms with van der Waals surface area (Å²) in [5, 5.41) is 62.6. The highest BCUT2D eigenvalue weighted by atomic mass is 32.2. The molecule has 6 aromatic rings. The van der Waals surface area contributed by atoms with Gasteiger partial charge in [-0.15, -0.1) is 0 Å². The van der Waals surface area contributed by atoms with E-state index in [2.05, 4.69) is 73.4 Å². The van der Waals surface area contributed by atoms with Crippen LogP contribution in [0.25, 0.3) is 21.9 Å². The smallest absolute Gasteiger partial charge is 0.246 e. The molecule has 0 spiro atoms. The van der Waals surface area contributed by atoms with Crippen molar-refractivity contribution in [1.29, 1.82) is 0 Å². The number of aromatic amines is 2. The van der Waals surface area contributed by atoms with Crippen LogP contribution in [-0.2, 0) is 93.1 Å². The average Bonchev–Trinajstić information content (AvgIpc) is 1.72. The first-order valence-corrected chi connectivity index (χ1v) is 39.4. The summed E-state index contributed by atoms with van der Waals surface area (Å²) < 4.78 is 15.0. The van der Waals surface area contributed by atoms with E-state index in [-0.39, 0.29) is 61.7 Å². The summed E-state index contributed by atoms with van der Waals surface area (Å²) in [6.07, 6.45) is 0.769. The second kappa shape index (κ2) is 38.2. The number of carbonyl (C=O) groups excluding carboxylic acids is 13. The Morgan fingerprint density at radius 2 is 1.24 bits per heavy atom. The van der Waals surface area contributed by atoms with Crippen molar-refractivity contribution in [3.05, 3.63) is 131 Å². The van der Waals surface area contributed by atoms with Crippen LogP contribution in [0.3, 0.4) is 0 Å². The van der Waals surface area contributed by atoms with Gasteiger partial charge in [0.05, 0.1) is 12.2 Å². The van der Waals surface area contributed by atoms with Crippen LogP contribution in [0.15, 0.2) is 97.5 Å². The Kier molecular flexibility index (Phi) is 29.8. The number of halogens is 1.